The summed E-state index contributed by atoms with van der Waals surface area (Å²) in [5.41, 5.74) is 5.11. The lowest BCUT2D eigenvalue weighted by Crippen LogP contribution is -2.39. The zero-order valence-corrected chi connectivity index (χ0v) is 24.7. The highest BCUT2D eigenvalue weighted by molar-refractivity contribution is 5.88. The third-order valence-electron chi connectivity index (χ3n) is 7.41. The van der Waals surface area contributed by atoms with Crippen LogP contribution in [-0.4, -0.2) is 34.8 Å². The van der Waals surface area contributed by atoms with E-state index >= 15 is 0 Å². The van der Waals surface area contributed by atoms with Crippen molar-refractivity contribution in [1.29, 1.82) is 0 Å². The number of hydrogen-bond donors (Lipinski definition) is 1. The second-order valence-electron chi connectivity index (χ2n) is 12.5. The normalized spacial score (nSPS) is 16.1. The van der Waals surface area contributed by atoms with Crippen molar-refractivity contribution in [3.8, 4) is 16.9 Å². The molecule has 0 bridgehead atoms. The van der Waals surface area contributed by atoms with Crippen molar-refractivity contribution < 1.29 is 23.8 Å². The minimum Gasteiger partial charge on any atom is -0.489 e. The molecular weight excluding hydrogens is 507 g/mol. The van der Waals surface area contributed by atoms with Crippen molar-refractivity contribution in [2.45, 2.75) is 79.6 Å². The van der Waals surface area contributed by atoms with Gasteiger partial charge in [-0.15, -0.1) is 0 Å². The Labute approximate surface area is 237 Å². The SMILES string of the molecule is Cc1nc(C)c([C@H](OC(C)(C)C)C(=O)O)c(N2CCC(C)(C)CC2)c1-c1ccc(OCc2cccc(F)c2)cc1. The molecule has 0 radical (unpaired) electrons. The van der Waals surface area contributed by atoms with Gasteiger partial charge in [0.15, 0.2) is 6.10 Å². The number of ether oxygens (including phenoxy) is 2. The van der Waals surface area contributed by atoms with Gasteiger partial charge in [0.05, 0.1) is 11.3 Å². The summed E-state index contributed by atoms with van der Waals surface area (Å²) in [4.78, 5) is 19.8. The zero-order chi connectivity index (χ0) is 29.2. The highest BCUT2D eigenvalue weighted by atomic mass is 19.1. The van der Waals surface area contributed by atoms with Gasteiger partial charge >= 0.3 is 5.97 Å². The molecule has 1 fully saturated rings. The molecule has 2 aromatic carbocycles. The predicted octanol–water partition coefficient (Wildman–Crippen LogP) is 7.65. The van der Waals surface area contributed by atoms with Crippen LogP contribution in [0, 0.1) is 25.1 Å². The minimum absolute atomic E-state index is 0.225. The molecule has 1 aromatic heterocycles. The predicted molar refractivity (Wildman–Crippen MR) is 156 cm³/mol. The Hall–Kier alpha value is -3.45. The number of carbonyl (C=O) groups is 1. The Bertz CT molecular complexity index is 1350. The average Bonchev–Trinajstić information content (AvgIpc) is 2.86. The third-order valence-corrected chi connectivity index (χ3v) is 7.41. The van der Waals surface area contributed by atoms with E-state index in [4.69, 9.17) is 14.5 Å². The summed E-state index contributed by atoms with van der Waals surface area (Å²) < 4.78 is 25.6. The molecule has 1 aliphatic heterocycles. The number of rotatable bonds is 8. The van der Waals surface area contributed by atoms with Crippen molar-refractivity contribution in [3.63, 3.8) is 0 Å². The van der Waals surface area contributed by atoms with Gasteiger partial charge in [-0.25, -0.2) is 9.18 Å². The Morgan fingerprint density at radius 2 is 1.73 bits per heavy atom. The number of carboxylic acids is 1. The molecule has 1 N–H and O–H groups in total. The van der Waals surface area contributed by atoms with Gasteiger partial charge in [-0.3, -0.25) is 4.98 Å². The van der Waals surface area contributed by atoms with Crippen LogP contribution in [0.5, 0.6) is 5.75 Å². The van der Waals surface area contributed by atoms with Crippen LogP contribution in [0.3, 0.4) is 0 Å². The fourth-order valence-electron chi connectivity index (χ4n) is 5.27. The second-order valence-corrected chi connectivity index (χ2v) is 12.5. The molecule has 0 spiro atoms. The lowest BCUT2D eigenvalue weighted by atomic mass is 9.82. The van der Waals surface area contributed by atoms with E-state index in [9.17, 15) is 14.3 Å². The van der Waals surface area contributed by atoms with Gasteiger partial charge in [0.1, 0.15) is 18.2 Å². The van der Waals surface area contributed by atoms with Gasteiger partial charge in [0.2, 0.25) is 0 Å². The number of piperidine rings is 1. The van der Waals surface area contributed by atoms with Crippen LogP contribution in [0.1, 0.15) is 76.1 Å². The third kappa shape index (κ3) is 7.00. The molecule has 1 saturated heterocycles. The molecule has 0 aliphatic carbocycles. The molecule has 7 heteroatoms. The first kappa shape index (κ1) is 29.5. The van der Waals surface area contributed by atoms with Crippen molar-refractivity contribution in [1.82, 2.24) is 4.98 Å². The monoisotopic (exact) mass is 548 g/mol. The van der Waals surface area contributed by atoms with Gasteiger partial charge in [-0.05, 0) is 88.3 Å². The quantitative estimate of drug-likeness (QED) is 0.312. The number of halogens is 1. The maximum atomic E-state index is 13.6. The smallest absolute Gasteiger partial charge is 0.337 e. The number of nitrogens with zero attached hydrogens (tertiary/aromatic N) is 2. The number of aliphatic carboxylic acids is 1. The largest absolute Gasteiger partial charge is 0.489 e. The van der Waals surface area contributed by atoms with Crippen LogP contribution in [0.25, 0.3) is 11.1 Å². The Balaban J connectivity index is 1.78. The summed E-state index contributed by atoms with van der Waals surface area (Å²) in [6.45, 7) is 15.9. The molecule has 3 aromatic rings. The van der Waals surface area contributed by atoms with E-state index in [1.165, 1.54) is 12.1 Å². The number of aryl methyl sites for hydroxylation is 2. The van der Waals surface area contributed by atoms with Crippen molar-refractivity contribution >= 4 is 11.7 Å². The van der Waals surface area contributed by atoms with Gasteiger partial charge in [0, 0.05) is 35.6 Å². The van der Waals surface area contributed by atoms with E-state index in [0.29, 0.717) is 17.0 Å². The van der Waals surface area contributed by atoms with E-state index in [1.807, 2.05) is 65.0 Å². The lowest BCUT2D eigenvalue weighted by Gasteiger charge is -2.41. The molecule has 0 unspecified atom stereocenters. The molecule has 6 nitrogen and oxygen atoms in total. The molecule has 0 saturated carbocycles. The summed E-state index contributed by atoms with van der Waals surface area (Å²) in [5.74, 6) is -0.667. The molecule has 1 aliphatic rings. The topological polar surface area (TPSA) is 71.9 Å². The molecule has 4 rings (SSSR count). The second kappa shape index (κ2) is 11.6. The van der Waals surface area contributed by atoms with Crippen molar-refractivity contribution in [2.24, 2.45) is 5.41 Å². The zero-order valence-electron chi connectivity index (χ0n) is 24.7. The molecule has 0 amide bonds. The van der Waals surface area contributed by atoms with Crippen molar-refractivity contribution in [3.05, 3.63) is 76.9 Å². The highest BCUT2D eigenvalue weighted by Crippen LogP contribution is 2.45. The molecule has 40 heavy (non-hydrogen) atoms. The van der Waals surface area contributed by atoms with Gasteiger partial charge in [-0.1, -0.05) is 38.1 Å². The standard InChI is InChI=1S/C33H41FN2O4/c1-21-27(24-11-13-26(14-12-24)39-20-23-9-8-10-25(34)19-23)29(36-17-15-33(6,7)16-18-36)28(22(2)35-21)30(31(37)38)40-32(3,4)5/h8-14,19,30H,15-18,20H2,1-7H3,(H,37,38)/t30-/m0/s1. The number of benzene rings is 2. The number of anilines is 1. The Morgan fingerprint density at radius 1 is 1.07 bits per heavy atom. The van der Waals surface area contributed by atoms with Crippen LogP contribution in [-0.2, 0) is 16.1 Å². The maximum absolute atomic E-state index is 13.6. The summed E-state index contributed by atoms with van der Waals surface area (Å²) in [6, 6.07) is 14.1. The lowest BCUT2D eigenvalue weighted by molar-refractivity contribution is -0.160. The van der Waals surface area contributed by atoms with E-state index in [-0.39, 0.29) is 17.8 Å². The first-order valence-corrected chi connectivity index (χ1v) is 13.9. The van der Waals surface area contributed by atoms with Crippen LogP contribution >= 0.6 is 0 Å². The van der Waals surface area contributed by atoms with E-state index in [1.54, 1.807) is 6.07 Å². The van der Waals surface area contributed by atoms with Crippen molar-refractivity contribution in [2.75, 3.05) is 18.0 Å². The maximum Gasteiger partial charge on any atom is 0.337 e. The first-order valence-electron chi connectivity index (χ1n) is 13.9. The fourth-order valence-corrected chi connectivity index (χ4v) is 5.27. The Kier molecular flexibility index (Phi) is 8.55. The summed E-state index contributed by atoms with van der Waals surface area (Å²) >= 11 is 0. The number of carboxylic acid groups (broad SMARTS) is 1. The fraction of sp³-hybridized carbons (Fsp3) is 0.455. The van der Waals surface area contributed by atoms with E-state index < -0.39 is 17.7 Å². The van der Waals surface area contributed by atoms with Crippen LogP contribution < -0.4 is 9.64 Å². The molecule has 214 valence electrons. The number of pyridine rings is 1. The van der Waals surface area contributed by atoms with Gasteiger partial charge < -0.3 is 19.5 Å². The van der Waals surface area contributed by atoms with Gasteiger partial charge in [-0.2, -0.15) is 0 Å². The summed E-state index contributed by atoms with van der Waals surface area (Å²) in [7, 11) is 0. The van der Waals surface area contributed by atoms with E-state index in [2.05, 4.69) is 18.7 Å². The summed E-state index contributed by atoms with van der Waals surface area (Å²) in [6.07, 6.45) is 0.833. The van der Waals surface area contributed by atoms with Gasteiger partial charge in [0.25, 0.3) is 0 Å². The summed E-state index contributed by atoms with van der Waals surface area (Å²) in [5, 5.41) is 10.3. The van der Waals surface area contributed by atoms with E-state index in [0.717, 1.165) is 54.0 Å². The average molecular weight is 549 g/mol. The van der Waals surface area contributed by atoms with Crippen LogP contribution in [0.4, 0.5) is 10.1 Å². The molecule has 2 heterocycles. The van der Waals surface area contributed by atoms with Crippen LogP contribution in [0.2, 0.25) is 0 Å². The minimum atomic E-state index is -1.16. The molecule has 1 atom stereocenters. The number of hydrogen-bond acceptors (Lipinski definition) is 5. The first-order chi connectivity index (χ1) is 18.7. The van der Waals surface area contributed by atoms with Crippen LogP contribution in [0.15, 0.2) is 48.5 Å². The Morgan fingerprint density at radius 3 is 2.30 bits per heavy atom. The molecular formula is C33H41FN2O4. The number of aromatic nitrogens is 1. The highest BCUT2D eigenvalue weighted by Gasteiger charge is 2.36.